The van der Waals surface area contributed by atoms with Crippen LogP contribution in [-0.2, 0) is 16.0 Å². The number of amides is 4. The van der Waals surface area contributed by atoms with E-state index in [1.165, 1.54) is 6.42 Å². The highest BCUT2D eigenvalue weighted by molar-refractivity contribution is 5.99. The average molecular weight is 595 g/mol. The van der Waals surface area contributed by atoms with Gasteiger partial charge < -0.3 is 35.0 Å². The van der Waals surface area contributed by atoms with E-state index in [1.807, 2.05) is 37.3 Å². The Hall–Kier alpha value is -3.63. The first kappa shape index (κ1) is 32.3. The predicted molar refractivity (Wildman–Crippen MR) is 165 cm³/mol. The van der Waals surface area contributed by atoms with Gasteiger partial charge in [-0.2, -0.15) is 0 Å². The van der Waals surface area contributed by atoms with E-state index in [0.717, 1.165) is 37.7 Å². The zero-order valence-electron chi connectivity index (χ0n) is 25.4. The fraction of sp³-hybridized carbons (Fsp3) is 0.545. The molecule has 1 heterocycles. The Bertz CT molecular complexity index is 1200. The summed E-state index contributed by atoms with van der Waals surface area (Å²) in [6.07, 6.45) is 5.91. The van der Waals surface area contributed by atoms with Crippen LogP contribution in [0.3, 0.4) is 0 Å². The van der Waals surface area contributed by atoms with Crippen LogP contribution in [-0.4, -0.2) is 86.0 Å². The van der Waals surface area contributed by atoms with Gasteiger partial charge in [0.2, 0.25) is 5.91 Å². The maximum Gasteiger partial charge on any atom is 0.317 e. The van der Waals surface area contributed by atoms with E-state index < -0.39 is 18.1 Å². The number of carbonyl (C=O) groups is 3. The Morgan fingerprint density at radius 3 is 2.51 bits per heavy atom. The molecular formula is C33H46N4O6. The summed E-state index contributed by atoms with van der Waals surface area (Å²) in [5.74, 6) is 0.0554. The lowest BCUT2D eigenvalue weighted by molar-refractivity contribution is -0.117. The van der Waals surface area contributed by atoms with E-state index in [9.17, 15) is 19.5 Å². The van der Waals surface area contributed by atoms with E-state index in [4.69, 9.17) is 9.47 Å². The summed E-state index contributed by atoms with van der Waals surface area (Å²) in [5, 5.41) is 17.6. The Balaban J connectivity index is 1.52. The predicted octanol–water partition coefficient (Wildman–Crippen LogP) is 3.90. The number of nitrogens with zero attached hydrogens (tertiary/aromatic N) is 2. The highest BCUT2D eigenvalue weighted by Crippen LogP contribution is 2.28. The van der Waals surface area contributed by atoms with Gasteiger partial charge in [-0.3, -0.25) is 9.59 Å². The lowest BCUT2D eigenvalue weighted by atomic mass is 9.96. The van der Waals surface area contributed by atoms with E-state index in [2.05, 4.69) is 10.6 Å². The third-order valence-electron chi connectivity index (χ3n) is 8.18. The minimum Gasteiger partial charge on any atom is -0.491 e. The van der Waals surface area contributed by atoms with E-state index in [1.54, 1.807) is 35.1 Å². The third-order valence-corrected chi connectivity index (χ3v) is 8.18. The van der Waals surface area contributed by atoms with Gasteiger partial charge >= 0.3 is 6.03 Å². The fourth-order valence-corrected chi connectivity index (χ4v) is 5.74. The van der Waals surface area contributed by atoms with Crippen LogP contribution < -0.4 is 20.3 Å². The van der Waals surface area contributed by atoms with Crippen molar-refractivity contribution >= 4 is 23.5 Å². The minimum atomic E-state index is -1.03. The van der Waals surface area contributed by atoms with Crippen LogP contribution in [0.2, 0.25) is 0 Å². The lowest BCUT2D eigenvalue weighted by Crippen LogP contribution is -2.53. The second-order valence-electron chi connectivity index (χ2n) is 11.4. The number of aliphatic hydroxyl groups is 1. The smallest absolute Gasteiger partial charge is 0.317 e. The van der Waals surface area contributed by atoms with Crippen LogP contribution in [0.5, 0.6) is 5.75 Å². The lowest BCUT2D eigenvalue weighted by Gasteiger charge is -2.32. The topological polar surface area (TPSA) is 120 Å². The van der Waals surface area contributed by atoms with Crippen LogP contribution in [0.4, 0.5) is 10.5 Å². The number of nitrogens with one attached hydrogen (secondary N) is 2. The Labute approximate surface area is 254 Å². The summed E-state index contributed by atoms with van der Waals surface area (Å²) in [6, 6.07) is 14.0. The molecule has 2 fully saturated rings. The highest BCUT2D eigenvalue weighted by Gasteiger charge is 2.28. The molecule has 0 spiro atoms. The number of anilines is 1. The van der Waals surface area contributed by atoms with Gasteiger partial charge in [0.05, 0.1) is 25.3 Å². The van der Waals surface area contributed by atoms with Crippen molar-refractivity contribution < 1.29 is 29.0 Å². The molecule has 234 valence electrons. The van der Waals surface area contributed by atoms with Crippen LogP contribution in [0, 0.1) is 0 Å². The zero-order chi connectivity index (χ0) is 30.6. The third kappa shape index (κ3) is 9.43. The summed E-state index contributed by atoms with van der Waals surface area (Å²) < 4.78 is 10.9. The summed E-state index contributed by atoms with van der Waals surface area (Å²) in [4.78, 5) is 42.6. The first-order valence-corrected chi connectivity index (χ1v) is 15.5. The summed E-state index contributed by atoms with van der Waals surface area (Å²) in [5.41, 5.74) is 1.86. The molecule has 1 aliphatic heterocycles. The Kier molecular flexibility index (Phi) is 12.2. The molecule has 1 saturated carbocycles. The van der Waals surface area contributed by atoms with E-state index in [0.29, 0.717) is 56.1 Å². The number of aliphatic hydroxyl groups excluding tert-OH is 1. The largest absolute Gasteiger partial charge is 0.491 e. The molecule has 10 heteroatoms. The molecule has 4 amide bonds. The normalized spacial score (nSPS) is 16.9. The quantitative estimate of drug-likeness (QED) is 0.286. The average Bonchev–Trinajstić information content (AvgIpc) is 3.46. The maximum absolute atomic E-state index is 13.7. The number of hydrogen-bond acceptors (Lipinski definition) is 6. The number of urea groups is 1. The molecule has 4 rings (SSSR count). The SMILES string of the molecule is CCN(C[C@H](O)[C@H](Cc1ccccc1)NC(=O)c1cc(OCCOC)cc(N2CCCC2=O)c1)C(=O)NC1CCCCC1. The molecule has 1 aliphatic carbocycles. The molecule has 0 unspecified atom stereocenters. The molecule has 2 aromatic carbocycles. The number of methoxy groups -OCH3 is 1. The van der Waals surface area contributed by atoms with Crippen molar-refractivity contribution in [2.75, 3.05) is 44.9 Å². The van der Waals surface area contributed by atoms with E-state index >= 15 is 0 Å². The van der Waals surface area contributed by atoms with E-state index in [-0.39, 0.29) is 24.5 Å². The van der Waals surface area contributed by atoms with Gasteiger partial charge in [0.25, 0.3) is 5.91 Å². The van der Waals surface area contributed by atoms with Crippen LogP contribution >= 0.6 is 0 Å². The zero-order valence-corrected chi connectivity index (χ0v) is 25.4. The standard InChI is InChI=1S/C33H46N4O6/c1-3-36(33(41)34-26-13-8-5-9-14-26)23-30(38)29(19-24-11-6-4-7-12-24)35-32(40)25-20-27(37-16-10-15-31(37)39)22-28(21-25)43-18-17-42-2/h4,6-7,11-12,20-22,26,29-30,38H,3,5,8-10,13-19,23H2,1-2H3,(H,34,41)(H,35,40)/t29-,30-/m0/s1. The number of likely N-dealkylation sites (N-methyl/N-ethyl adjacent to an activating group) is 1. The van der Waals surface area contributed by atoms with Crippen LogP contribution in [0.1, 0.15) is 67.8 Å². The van der Waals surface area contributed by atoms with Gasteiger partial charge in [-0.05, 0) is 50.3 Å². The summed E-state index contributed by atoms with van der Waals surface area (Å²) >= 11 is 0. The number of rotatable bonds is 14. The van der Waals surface area contributed by atoms with Crippen molar-refractivity contribution in [1.29, 1.82) is 0 Å². The van der Waals surface area contributed by atoms with Gasteiger partial charge in [-0.15, -0.1) is 0 Å². The van der Waals surface area contributed by atoms with Crippen molar-refractivity contribution in [2.24, 2.45) is 0 Å². The van der Waals surface area contributed by atoms with Gasteiger partial charge in [0.15, 0.2) is 0 Å². The van der Waals surface area contributed by atoms with Crippen LogP contribution in [0.25, 0.3) is 0 Å². The minimum absolute atomic E-state index is 0.00364. The number of hydrogen-bond donors (Lipinski definition) is 3. The molecule has 10 nitrogen and oxygen atoms in total. The van der Waals surface area contributed by atoms with Crippen molar-refractivity contribution in [2.45, 2.75) is 76.5 Å². The first-order chi connectivity index (χ1) is 20.9. The Morgan fingerprint density at radius 2 is 1.84 bits per heavy atom. The number of ether oxygens (including phenoxy) is 2. The van der Waals surface area contributed by atoms with Crippen molar-refractivity contribution in [1.82, 2.24) is 15.5 Å². The molecule has 2 aromatic rings. The van der Waals surface area contributed by atoms with Crippen molar-refractivity contribution in [3.63, 3.8) is 0 Å². The second-order valence-corrected chi connectivity index (χ2v) is 11.4. The highest BCUT2D eigenvalue weighted by atomic mass is 16.5. The summed E-state index contributed by atoms with van der Waals surface area (Å²) in [7, 11) is 1.58. The molecule has 0 aromatic heterocycles. The molecule has 2 atom stereocenters. The fourth-order valence-electron chi connectivity index (χ4n) is 5.74. The van der Waals surface area contributed by atoms with Crippen molar-refractivity contribution in [3.05, 3.63) is 59.7 Å². The summed E-state index contributed by atoms with van der Waals surface area (Å²) in [6.45, 7) is 3.62. The monoisotopic (exact) mass is 594 g/mol. The molecule has 43 heavy (non-hydrogen) atoms. The molecule has 0 bridgehead atoms. The van der Waals surface area contributed by atoms with Gasteiger partial charge in [0.1, 0.15) is 12.4 Å². The number of carbonyl (C=O) groups excluding carboxylic acids is 3. The van der Waals surface area contributed by atoms with Crippen molar-refractivity contribution in [3.8, 4) is 5.75 Å². The van der Waals surface area contributed by atoms with Gasteiger partial charge in [-0.25, -0.2) is 4.79 Å². The molecule has 3 N–H and O–H groups in total. The van der Waals surface area contributed by atoms with Crippen LogP contribution in [0.15, 0.2) is 48.5 Å². The Morgan fingerprint density at radius 1 is 1.07 bits per heavy atom. The maximum atomic E-state index is 13.7. The second kappa shape index (κ2) is 16.3. The first-order valence-electron chi connectivity index (χ1n) is 15.5. The molecule has 1 saturated heterocycles. The number of benzene rings is 2. The molecular weight excluding hydrogens is 548 g/mol. The molecule has 0 radical (unpaired) electrons. The van der Waals surface area contributed by atoms with Gasteiger partial charge in [0, 0.05) is 50.0 Å². The van der Waals surface area contributed by atoms with Gasteiger partial charge in [-0.1, -0.05) is 49.6 Å². The molecule has 2 aliphatic rings.